The summed E-state index contributed by atoms with van der Waals surface area (Å²) >= 11 is 1.44. The molecule has 0 saturated carbocycles. The zero-order chi connectivity index (χ0) is 20.7. The van der Waals surface area contributed by atoms with Gasteiger partial charge < -0.3 is 10.2 Å². The Morgan fingerprint density at radius 1 is 1.17 bits per heavy atom. The molecule has 0 saturated heterocycles. The number of anilines is 3. The standard InChI is InChI=1S/C21H18N6O2S/c1-13-6-7-16-17(10-13)30-21(24-16)25-19-18(27(28)29)20(23-12-22-19)26-9-8-14-4-2-3-5-15(14)11-26/h2-7,10,12H,8-9,11H2,1H3,(H,22,23,24,25). The first-order chi connectivity index (χ1) is 14.6. The van der Waals surface area contributed by atoms with Crippen LogP contribution in [0.3, 0.4) is 0 Å². The summed E-state index contributed by atoms with van der Waals surface area (Å²) in [6, 6.07) is 14.1. The van der Waals surface area contributed by atoms with Crippen molar-refractivity contribution in [2.45, 2.75) is 19.9 Å². The lowest BCUT2D eigenvalue weighted by molar-refractivity contribution is -0.383. The second-order valence-electron chi connectivity index (χ2n) is 7.21. The molecule has 8 nitrogen and oxygen atoms in total. The maximum atomic E-state index is 12.0. The van der Waals surface area contributed by atoms with E-state index in [1.807, 2.05) is 42.2 Å². The lowest BCUT2D eigenvalue weighted by Crippen LogP contribution is -2.31. The first-order valence-electron chi connectivity index (χ1n) is 9.54. The number of rotatable bonds is 4. The first-order valence-corrected chi connectivity index (χ1v) is 10.4. The van der Waals surface area contributed by atoms with E-state index in [9.17, 15) is 10.1 Å². The maximum Gasteiger partial charge on any atom is 0.353 e. The van der Waals surface area contributed by atoms with Crippen molar-refractivity contribution in [3.05, 3.63) is 75.6 Å². The summed E-state index contributed by atoms with van der Waals surface area (Å²) in [7, 11) is 0. The third kappa shape index (κ3) is 3.33. The quantitative estimate of drug-likeness (QED) is 0.382. The zero-order valence-electron chi connectivity index (χ0n) is 16.2. The van der Waals surface area contributed by atoms with Gasteiger partial charge in [0.1, 0.15) is 6.33 Å². The van der Waals surface area contributed by atoms with Crippen molar-refractivity contribution in [2.24, 2.45) is 0 Å². The third-order valence-electron chi connectivity index (χ3n) is 5.18. The van der Waals surface area contributed by atoms with E-state index in [0.717, 1.165) is 27.8 Å². The Hall–Kier alpha value is -3.59. The van der Waals surface area contributed by atoms with E-state index in [1.165, 1.54) is 23.2 Å². The molecular formula is C21H18N6O2S. The third-order valence-corrected chi connectivity index (χ3v) is 6.12. The number of hydrogen-bond donors (Lipinski definition) is 1. The van der Waals surface area contributed by atoms with Crippen molar-refractivity contribution in [1.82, 2.24) is 15.0 Å². The summed E-state index contributed by atoms with van der Waals surface area (Å²) in [5, 5.41) is 15.6. The van der Waals surface area contributed by atoms with E-state index in [0.29, 0.717) is 24.0 Å². The number of fused-ring (bicyclic) bond motifs is 2. The number of benzene rings is 2. The Kier molecular flexibility index (Phi) is 4.51. The summed E-state index contributed by atoms with van der Waals surface area (Å²) in [5.41, 5.74) is 4.28. The van der Waals surface area contributed by atoms with Crippen molar-refractivity contribution in [3.8, 4) is 0 Å². The van der Waals surface area contributed by atoms with Crippen molar-refractivity contribution in [1.29, 1.82) is 0 Å². The molecule has 2 aromatic carbocycles. The average molecular weight is 418 g/mol. The number of nitro groups is 1. The van der Waals surface area contributed by atoms with Gasteiger partial charge in [0.15, 0.2) is 5.13 Å². The molecule has 0 aliphatic carbocycles. The molecule has 1 N–H and O–H groups in total. The van der Waals surface area contributed by atoms with Crippen LogP contribution in [0.5, 0.6) is 0 Å². The second kappa shape index (κ2) is 7.34. The molecule has 0 atom stereocenters. The van der Waals surface area contributed by atoms with Gasteiger partial charge in [0.05, 0.1) is 15.1 Å². The van der Waals surface area contributed by atoms with Crippen LogP contribution in [-0.4, -0.2) is 26.4 Å². The van der Waals surface area contributed by atoms with Crippen LogP contribution >= 0.6 is 11.3 Å². The highest BCUT2D eigenvalue weighted by molar-refractivity contribution is 7.22. The van der Waals surface area contributed by atoms with Crippen LogP contribution in [0.4, 0.5) is 22.5 Å². The summed E-state index contributed by atoms with van der Waals surface area (Å²) in [5.74, 6) is 0.476. The fraction of sp³-hybridized carbons (Fsp3) is 0.190. The van der Waals surface area contributed by atoms with Gasteiger partial charge in [-0.2, -0.15) is 0 Å². The van der Waals surface area contributed by atoms with Crippen LogP contribution in [0.15, 0.2) is 48.8 Å². The van der Waals surface area contributed by atoms with Crippen LogP contribution < -0.4 is 10.2 Å². The number of aromatic nitrogens is 3. The number of nitrogens with one attached hydrogen (secondary N) is 1. The number of thiazole rings is 1. The molecule has 2 aromatic heterocycles. The zero-order valence-corrected chi connectivity index (χ0v) is 17.0. The highest BCUT2D eigenvalue weighted by Gasteiger charge is 2.29. The van der Waals surface area contributed by atoms with E-state index >= 15 is 0 Å². The van der Waals surface area contributed by atoms with Crippen molar-refractivity contribution in [2.75, 3.05) is 16.8 Å². The smallest absolute Gasteiger partial charge is 0.346 e. The van der Waals surface area contributed by atoms with Gasteiger partial charge >= 0.3 is 5.69 Å². The van der Waals surface area contributed by atoms with Crippen LogP contribution in [0.25, 0.3) is 10.2 Å². The van der Waals surface area contributed by atoms with Gasteiger partial charge in [-0.15, -0.1) is 0 Å². The van der Waals surface area contributed by atoms with Gasteiger partial charge in [-0.3, -0.25) is 10.1 Å². The Bertz CT molecular complexity index is 1270. The number of hydrogen-bond acceptors (Lipinski definition) is 8. The van der Waals surface area contributed by atoms with Gasteiger partial charge in [-0.05, 0) is 42.2 Å². The van der Waals surface area contributed by atoms with Crippen molar-refractivity contribution < 1.29 is 4.92 Å². The minimum absolute atomic E-state index is 0.132. The molecule has 5 rings (SSSR count). The van der Waals surface area contributed by atoms with Crippen molar-refractivity contribution in [3.63, 3.8) is 0 Å². The molecule has 30 heavy (non-hydrogen) atoms. The minimum Gasteiger partial charge on any atom is -0.346 e. The van der Waals surface area contributed by atoms with Crippen LogP contribution in [0.1, 0.15) is 16.7 Å². The molecule has 150 valence electrons. The van der Waals surface area contributed by atoms with E-state index in [2.05, 4.69) is 32.4 Å². The van der Waals surface area contributed by atoms with Gasteiger partial charge in [0.25, 0.3) is 0 Å². The molecule has 3 heterocycles. The summed E-state index contributed by atoms with van der Waals surface area (Å²) in [6.45, 7) is 3.26. The molecule has 0 spiro atoms. The molecule has 1 aliphatic rings. The Morgan fingerprint density at radius 3 is 2.83 bits per heavy atom. The molecule has 1 aliphatic heterocycles. The first kappa shape index (κ1) is 18.4. The van der Waals surface area contributed by atoms with E-state index in [-0.39, 0.29) is 11.5 Å². The predicted octanol–water partition coefficient (Wildman–Crippen LogP) is 4.61. The average Bonchev–Trinajstić information content (AvgIpc) is 3.14. The maximum absolute atomic E-state index is 12.0. The summed E-state index contributed by atoms with van der Waals surface area (Å²) < 4.78 is 1.02. The highest BCUT2D eigenvalue weighted by Crippen LogP contribution is 2.37. The number of nitrogens with zero attached hydrogens (tertiary/aromatic N) is 5. The lowest BCUT2D eigenvalue weighted by atomic mass is 10.00. The minimum atomic E-state index is -0.421. The SMILES string of the molecule is Cc1ccc2nc(Nc3ncnc(N4CCc5ccccc5C4)c3[N+](=O)[O-])sc2c1. The molecule has 0 radical (unpaired) electrons. The predicted molar refractivity (Wildman–Crippen MR) is 118 cm³/mol. The van der Waals surface area contributed by atoms with E-state index in [4.69, 9.17) is 0 Å². The number of aryl methyl sites for hydroxylation is 1. The topological polar surface area (TPSA) is 97.1 Å². The molecule has 9 heteroatoms. The van der Waals surface area contributed by atoms with Crippen LogP contribution in [-0.2, 0) is 13.0 Å². The fourth-order valence-electron chi connectivity index (χ4n) is 3.72. The Morgan fingerprint density at radius 2 is 2.00 bits per heavy atom. The monoisotopic (exact) mass is 418 g/mol. The molecule has 4 aromatic rings. The largest absolute Gasteiger partial charge is 0.353 e. The summed E-state index contributed by atoms with van der Waals surface area (Å²) in [4.78, 5) is 26.5. The lowest BCUT2D eigenvalue weighted by Gasteiger charge is -2.29. The Labute approximate surface area is 176 Å². The van der Waals surface area contributed by atoms with Gasteiger partial charge in [-0.1, -0.05) is 41.7 Å². The van der Waals surface area contributed by atoms with Gasteiger partial charge in [-0.25, -0.2) is 15.0 Å². The van der Waals surface area contributed by atoms with Crippen LogP contribution in [0, 0.1) is 17.0 Å². The Balaban J connectivity index is 1.51. The highest BCUT2D eigenvalue weighted by atomic mass is 32.1. The molecule has 0 bridgehead atoms. The van der Waals surface area contributed by atoms with Crippen molar-refractivity contribution >= 4 is 44.0 Å². The molecule has 0 unspecified atom stereocenters. The molecular weight excluding hydrogens is 400 g/mol. The van der Waals surface area contributed by atoms with Gasteiger partial charge in [0, 0.05) is 13.1 Å². The van der Waals surface area contributed by atoms with E-state index in [1.54, 1.807) is 0 Å². The molecule has 0 fully saturated rings. The summed E-state index contributed by atoms with van der Waals surface area (Å²) in [6.07, 6.45) is 2.18. The van der Waals surface area contributed by atoms with E-state index < -0.39 is 4.92 Å². The van der Waals surface area contributed by atoms with Crippen LogP contribution in [0.2, 0.25) is 0 Å². The fourth-order valence-corrected chi connectivity index (χ4v) is 4.69. The normalized spacial score (nSPS) is 13.3. The second-order valence-corrected chi connectivity index (χ2v) is 8.24. The van der Waals surface area contributed by atoms with Gasteiger partial charge in [0.2, 0.25) is 11.6 Å². The molecule has 0 amide bonds.